The van der Waals surface area contributed by atoms with E-state index in [1.807, 2.05) is 49.4 Å². The van der Waals surface area contributed by atoms with Crippen LogP contribution in [0.2, 0.25) is 0 Å². The number of carbonyl (C=O) groups is 1. The molecule has 3 heteroatoms. The number of phenolic OH excluding ortho intramolecular Hbond substituents is 1. The number of rotatable bonds is 4. The predicted octanol–water partition coefficient (Wildman–Crippen LogP) is 5.31. The summed E-state index contributed by atoms with van der Waals surface area (Å²) in [6.45, 7) is 1.93. The number of fused-ring (bicyclic) bond motifs is 1. The second kappa shape index (κ2) is 6.52. The number of phenols is 1. The van der Waals surface area contributed by atoms with Crippen molar-refractivity contribution in [3.05, 3.63) is 84.4 Å². The van der Waals surface area contributed by atoms with Crippen LogP contribution in [0.3, 0.4) is 0 Å². The fourth-order valence-corrected chi connectivity index (χ4v) is 3.54. The first kappa shape index (κ1) is 16.2. The van der Waals surface area contributed by atoms with Crippen molar-refractivity contribution in [3.8, 4) is 22.7 Å². The average Bonchev–Trinajstić information content (AvgIpc) is 3.04. The van der Waals surface area contributed by atoms with Gasteiger partial charge in [-0.05, 0) is 41.5 Å². The number of para-hydroxylation sites is 1. The number of aromatic nitrogens is 1. The summed E-state index contributed by atoms with van der Waals surface area (Å²) in [6, 6.07) is 25.4. The molecule has 0 radical (unpaired) electrons. The average molecular weight is 341 g/mol. The molecule has 3 aromatic carbocycles. The van der Waals surface area contributed by atoms with E-state index in [4.69, 9.17) is 0 Å². The maximum atomic E-state index is 11.7. The molecule has 26 heavy (non-hydrogen) atoms. The van der Waals surface area contributed by atoms with E-state index >= 15 is 0 Å². The molecule has 0 spiro atoms. The van der Waals surface area contributed by atoms with Crippen LogP contribution in [0.4, 0.5) is 0 Å². The highest BCUT2D eigenvalue weighted by atomic mass is 16.3. The first-order chi connectivity index (χ1) is 12.7. The topological polar surface area (TPSA) is 42.2 Å². The van der Waals surface area contributed by atoms with E-state index in [0.29, 0.717) is 0 Å². The van der Waals surface area contributed by atoms with Crippen molar-refractivity contribution < 1.29 is 9.90 Å². The van der Waals surface area contributed by atoms with Gasteiger partial charge in [-0.1, -0.05) is 55.5 Å². The third-order valence-corrected chi connectivity index (χ3v) is 4.73. The van der Waals surface area contributed by atoms with Crippen molar-refractivity contribution in [2.24, 2.45) is 0 Å². The first-order valence-electron chi connectivity index (χ1n) is 8.64. The summed E-state index contributed by atoms with van der Waals surface area (Å²) in [5.74, 6) is 0.00132. The third-order valence-electron chi connectivity index (χ3n) is 4.73. The number of aldehydes is 1. The van der Waals surface area contributed by atoms with E-state index in [0.717, 1.165) is 39.7 Å². The van der Waals surface area contributed by atoms with Gasteiger partial charge >= 0.3 is 0 Å². The standard InChI is InChI=1S/C23H19NO2/c1-16(15-25)22-20-9-5-6-10-21(20)24(18-11-13-19(26)14-12-18)23(22)17-7-3-2-4-8-17/h2-16,26H,1H3. The molecule has 0 saturated carbocycles. The van der Waals surface area contributed by atoms with Crippen LogP contribution in [-0.2, 0) is 4.79 Å². The Labute approximate surface area is 152 Å². The van der Waals surface area contributed by atoms with Crippen LogP contribution >= 0.6 is 0 Å². The van der Waals surface area contributed by atoms with Gasteiger partial charge in [0.15, 0.2) is 0 Å². The fraction of sp³-hybridized carbons (Fsp3) is 0.0870. The highest BCUT2D eigenvalue weighted by Crippen LogP contribution is 2.40. The van der Waals surface area contributed by atoms with Crippen molar-refractivity contribution in [1.29, 1.82) is 0 Å². The quantitative estimate of drug-likeness (QED) is 0.511. The van der Waals surface area contributed by atoms with Crippen LogP contribution in [0.25, 0.3) is 27.8 Å². The smallest absolute Gasteiger partial charge is 0.127 e. The van der Waals surface area contributed by atoms with Crippen LogP contribution in [-0.4, -0.2) is 16.0 Å². The van der Waals surface area contributed by atoms with Crippen molar-refractivity contribution in [1.82, 2.24) is 4.57 Å². The molecule has 0 amide bonds. The lowest BCUT2D eigenvalue weighted by Gasteiger charge is -2.14. The molecule has 0 saturated heterocycles. The molecule has 3 nitrogen and oxygen atoms in total. The van der Waals surface area contributed by atoms with E-state index in [1.54, 1.807) is 12.1 Å². The van der Waals surface area contributed by atoms with Crippen molar-refractivity contribution in [3.63, 3.8) is 0 Å². The Bertz CT molecular complexity index is 1060. The Morgan fingerprint density at radius 3 is 2.23 bits per heavy atom. The zero-order valence-electron chi connectivity index (χ0n) is 14.5. The zero-order chi connectivity index (χ0) is 18.1. The van der Waals surface area contributed by atoms with Crippen molar-refractivity contribution in [2.45, 2.75) is 12.8 Å². The van der Waals surface area contributed by atoms with Crippen LogP contribution in [0, 0.1) is 0 Å². The summed E-state index contributed by atoms with van der Waals surface area (Å²) in [7, 11) is 0. The Morgan fingerprint density at radius 1 is 0.885 bits per heavy atom. The Hall–Kier alpha value is -3.33. The zero-order valence-corrected chi connectivity index (χ0v) is 14.5. The maximum Gasteiger partial charge on any atom is 0.127 e. The highest BCUT2D eigenvalue weighted by molar-refractivity contribution is 5.96. The van der Waals surface area contributed by atoms with Gasteiger partial charge in [0.05, 0.1) is 11.2 Å². The van der Waals surface area contributed by atoms with Crippen molar-refractivity contribution >= 4 is 17.2 Å². The van der Waals surface area contributed by atoms with Gasteiger partial charge in [-0.3, -0.25) is 0 Å². The molecule has 0 aliphatic carbocycles. The normalized spacial score (nSPS) is 12.2. The summed E-state index contributed by atoms with van der Waals surface area (Å²) in [6.07, 6.45) is 0.995. The minimum Gasteiger partial charge on any atom is -0.508 e. The van der Waals surface area contributed by atoms with E-state index in [2.05, 4.69) is 28.8 Å². The molecule has 4 aromatic rings. The van der Waals surface area contributed by atoms with Crippen LogP contribution < -0.4 is 0 Å². The van der Waals surface area contributed by atoms with E-state index in [9.17, 15) is 9.90 Å². The first-order valence-corrected chi connectivity index (χ1v) is 8.64. The molecule has 1 heterocycles. The Morgan fingerprint density at radius 2 is 1.54 bits per heavy atom. The molecule has 0 aliphatic rings. The number of nitrogens with zero attached hydrogens (tertiary/aromatic N) is 1. The molecule has 1 aromatic heterocycles. The molecule has 128 valence electrons. The van der Waals surface area contributed by atoms with E-state index in [-0.39, 0.29) is 11.7 Å². The van der Waals surface area contributed by atoms with Crippen LogP contribution in [0.1, 0.15) is 18.4 Å². The Balaban J connectivity index is 2.15. The number of carbonyl (C=O) groups excluding carboxylic acids is 1. The van der Waals surface area contributed by atoms with E-state index < -0.39 is 0 Å². The molecular formula is C23H19NO2. The molecule has 1 unspecified atom stereocenters. The summed E-state index contributed by atoms with van der Waals surface area (Å²) in [4.78, 5) is 11.7. The molecule has 1 N–H and O–H groups in total. The molecular weight excluding hydrogens is 322 g/mol. The second-order valence-electron chi connectivity index (χ2n) is 6.42. The SMILES string of the molecule is CC(C=O)c1c(-c2ccccc2)n(-c2ccc(O)cc2)c2ccccc12. The lowest BCUT2D eigenvalue weighted by molar-refractivity contribution is -0.108. The number of benzene rings is 3. The van der Waals surface area contributed by atoms with Gasteiger partial charge in [0, 0.05) is 17.0 Å². The third kappa shape index (κ3) is 2.58. The van der Waals surface area contributed by atoms with E-state index in [1.165, 1.54) is 0 Å². The van der Waals surface area contributed by atoms with Crippen molar-refractivity contribution in [2.75, 3.05) is 0 Å². The summed E-state index contributed by atoms with van der Waals surface area (Å²) >= 11 is 0. The summed E-state index contributed by atoms with van der Waals surface area (Å²) < 4.78 is 2.17. The Kier molecular flexibility index (Phi) is 4.05. The largest absolute Gasteiger partial charge is 0.508 e. The minimum absolute atomic E-state index is 0.228. The molecule has 0 aliphatic heterocycles. The van der Waals surface area contributed by atoms with Gasteiger partial charge < -0.3 is 14.5 Å². The monoisotopic (exact) mass is 341 g/mol. The lowest BCUT2D eigenvalue weighted by atomic mass is 9.95. The van der Waals surface area contributed by atoms with Crippen LogP contribution in [0.15, 0.2) is 78.9 Å². The lowest BCUT2D eigenvalue weighted by Crippen LogP contribution is -2.01. The number of hydrogen-bond donors (Lipinski definition) is 1. The fourth-order valence-electron chi connectivity index (χ4n) is 3.54. The van der Waals surface area contributed by atoms with Crippen LogP contribution in [0.5, 0.6) is 5.75 Å². The molecule has 0 fully saturated rings. The summed E-state index contributed by atoms with van der Waals surface area (Å²) in [5.41, 5.74) is 5.08. The van der Waals surface area contributed by atoms with Gasteiger partial charge in [0.1, 0.15) is 12.0 Å². The van der Waals surface area contributed by atoms with Gasteiger partial charge in [-0.15, -0.1) is 0 Å². The molecule has 1 atom stereocenters. The minimum atomic E-state index is -0.228. The van der Waals surface area contributed by atoms with Gasteiger partial charge in [-0.25, -0.2) is 0 Å². The predicted molar refractivity (Wildman–Crippen MR) is 105 cm³/mol. The van der Waals surface area contributed by atoms with Gasteiger partial charge in [-0.2, -0.15) is 0 Å². The molecule has 0 bridgehead atoms. The summed E-state index contributed by atoms with van der Waals surface area (Å²) in [5, 5.41) is 10.7. The highest BCUT2D eigenvalue weighted by Gasteiger charge is 2.23. The van der Waals surface area contributed by atoms with Gasteiger partial charge in [0.2, 0.25) is 0 Å². The second-order valence-corrected chi connectivity index (χ2v) is 6.42. The number of aromatic hydroxyl groups is 1. The number of hydrogen-bond acceptors (Lipinski definition) is 2. The van der Waals surface area contributed by atoms with Gasteiger partial charge in [0.25, 0.3) is 0 Å². The molecule has 4 rings (SSSR count). The maximum absolute atomic E-state index is 11.7.